The summed E-state index contributed by atoms with van der Waals surface area (Å²) in [5.41, 5.74) is 1.88. The maximum Gasteiger partial charge on any atom is 0.355 e. The number of aromatic amines is 1. The first-order valence-corrected chi connectivity index (χ1v) is 10.4. The molecule has 3 N–H and O–H groups in total. The molecule has 1 aromatic carbocycles. The lowest BCUT2D eigenvalue weighted by atomic mass is 10.1. The second-order valence-electron chi connectivity index (χ2n) is 8.00. The smallest absolute Gasteiger partial charge is 0.355 e. The average molecular weight is 441 g/mol. The SMILES string of the molecule is Cc1[nH]c(C(=O)OCC(=O)Nc2ccccc2C(=O)NC2CC2)c(C)c1C(=O)OC(C)C. The molecule has 3 rings (SSSR count). The molecule has 1 heterocycles. The molecule has 2 amide bonds. The van der Waals surface area contributed by atoms with Gasteiger partial charge in [-0.15, -0.1) is 0 Å². The molecule has 0 spiro atoms. The van der Waals surface area contributed by atoms with E-state index in [1.807, 2.05) is 0 Å². The molecular formula is C23H27N3O6. The first kappa shape index (κ1) is 23.1. The van der Waals surface area contributed by atoms with E-state index in [9.17, 15) is 19.2 Å². The van der Waals surface area contributed by atoms with Gasteiger partial charge in [-0.1, -0.05) is 12.1 Å². The summed E-state index contributed by atoms with van der Waals surface area (Å²) in [7, 11) is 0. The highest BCUT2D eigenvalue weighted by atomic mass is 16.5. The number of nitrogens with one attached hydrogen (secondary N) is 3. The van der Waals surface area contributed by atoms with Gasteiger partial charge in [0.05, 0.1) is 22.9 Å². The molecule has 1 aliphatic carbocycles. The second-order valence-corrected chi connectivity index (χ2v) is 8.00. The summed E-state index contributed by atoms with van der Waals surface area (Å²) in [6.07, 6.45) is 1.60. The van der Waals surface area contributed by atoms with E-state index in [1.54, 1.807) is 52.0 Å². The van der Waals surface area contributed by atoms with E-state index < -0.39 is 24.5 Å². The molecular weight excluding hydrogens is 414 g/mol. The number of amides is 2. The number of carbonyl (C=O) groups excluding carboxylic acids is 4. The fourth-order valence-electron chi connectivity index (χ4n) is 3.20. The number of hydrogen-bond donors (Lipinski definition) is 3. The fraction of sp³-hybridized carbons (Fsp3) is 0.391. The van der Waals surface area contributed by atoms with Crippen molar-refractivity contribution >= 4 is 29.4 Å². The summed E-state index contributed by atoms with van der Waals surface area (Å²) in [6, 6.07) is 6.80. The summed E-state index contributed by atoms with van der Waals surface area (Å²) >= 11 is 0. The van der Waals surface area contributed by atoms with Crippen molar-refractivity contribution < 1.29 is 28.7 Å². The summed E-state index contributed by atoms with van der Waals surface area (Å²) in [5.74, 6) is -2.17. The van der Waals surface area contributed by atoms with Crippen LogP contribution >= 0.6 is 0 Å². The molecule has 0 atom stereocenters. The van der Waals surface area contributed by atoms with Crippen molar-refractivity contribution in [2.24, 2.45) is 0 Å². The average Bonchev–Trinajstić information content (AvgIpc) is 3.48. The Bertz CT molecular complexity index is 1050. The van der Waals surface area contributed by atoms with Crippen LogP contribution in [0.4, 0.5) is 5.69 Å². The van der Waals surface area contributed by atoms with E-state index in [0.717, 1.165) is 12.8 Å². The maximum absolute atomic E-state index is 12.5. The quantitative estimate of drug-likeness (QED) is 0.541. The van der Waals surface area contributed by atoms with Crippen molar-refractivity contribution in [2.75, 3.05) is 11.9 Å². The van der Waals surface area contributed by atoms with Crippen molar-refractivity contribution in [1.82, 2.24) is 10.3 Å². The fourth-order valence-corrected chi connectivity index (χ4v) is 3.20. The number of carbonyl (C=O) groups is 4. The van der Waals surface area contributed by atoms with Crippen LogP contribution in [-0.2, 0) is 14.3 Å². The van der Waals surface area contributed by atoms with Gasteiger partial charge in [0.1, 0.15) is 5.69 Å². The standard InChI is InChI=1S/C23H27N3O6/c1-12(2)32-22(29)19-13(3)20(24-14(19)4)23(30)31-11-18(27)26-17-8-6-5-7-16(17)21(28)25-15-9-10-15/h5-8,12,15,24H,9-11H2,1-4H3,(H,25,28)(H,26,27). The Morgan fingerprint density at radius 1 is 1.09 bits per heavy atom. The maximum atomic E-state index is 12.5. The Kier molecular flexibility index (Phi) is 6.97. The molecule has 0 bridgehead atoms. The summed E-state index contributed by atoms with van der Waals surface area (Å²) in [6.45, 7) is 6.16. The molecule has 0 unspecified atom stereocenters. The van der Waals surface area contributed by atoms with Gasteiger partial charge in [-0.25, -0.2) is 9.59 Å². The third kappa shape index (κ3) is 5.54. The van der Waals surface area contributed by atoms with Crippen molar-refractivity contribution in [3.63, 3.8) is 0 Å². The molecule has 1 aliphatic rings. The predicted molar refractivity (Wildman–Crippen MR) is 117 cm³/mol. The first-order valence-electron chi connectivity index (χ1n) is 10.4. The number of para-hydroxylation sites is 1. The number of benzene rings is 1. The molecule has 2 aromatic rings. The van der Waals surface area contributed by atoms with Crippen molar-refractivity contribution in [2.45, 2.75) is 52.7 Å². The number of aryl methyl sites for hydroxylation is 1. The Hall–Kier alpha value is -3.62. The van der Waals surface area contributed by atoms with Crippen LogP contribution in [0, 0.1) is 13.8 Å². The molecule has 170 valence electrons. The van der Waals surface area contributed by atoms with Crippen LogP contribution in [0.1, 0.15) is 69.2 Å². The van der Waals surface area contributed by atoms with Crippen LogP contribution in [0.3, 0.4) is 0 Å². The van der Waals surface area contributed by atoms with Crippen LogP contribution in [0.25, 0.3) is 0 Å². The van der Waals surface area contributed by atoms with Gasteiger partial charge in [0.25, 0.3) is 11.8 Å². The van der Waals surface area contributed by atoms with Crippen LogP contribution in [0.15, 0.2) is 24.3 Å². The number of ether oxygens (including phenoxy) is 2. The minimum Gasteiger partial charge on any atom is -0.459 e. The molecule has 9 nitrogen and oxygen atoms in total. The van der Waals surface area contributed by atoms with E-state index in [1.165, 1.54) is 0 Å². The van der Waals surface area contributed by atoms with Crippen molar-refractivity contribution in [3.8, 4) is 0 Å². The van der Waals surface area contributed by atoms with Crippen LogP contribution < -0.4 is 10.6 Å². The zero-order valence-electron chi connectivity index (χ0n) is 18.5. The monoisotopic (exact) mass is 441 g/mol. The lowest BCUT2D eigenvalue weighted by molar-refractivity contribution is -0.119. The number of esters is 2. The largest absolute Gasteiger partial charge is 0.459 e. The Balaban J connectivity index is 1.62. The summed E-state index contributed by atoms with van der Waals surface area (Å²) < 4.78 is 10.3. The number of anilines is 1. The molecule has 0 aliphatic heterocycles. The van der Waals surface area contributed by atoms with Gasteiger partial charge < -0.3 is 25.1 Å². The number of H-pyrrole nitrogens is 1. The molecule has 1 saturated carbocycles. The minimum atomic E-state index is -0.774. The Morgan fingerprint density at radius 3 is 2.44 bits per heavy atom. The van der Waals surface area contributed by atoms with Gasteiger partial charge in [-0.2, -0.15) is 0 Å². The highest BCUT2D eigenvalue weighted by molar-refractivity contribution is 6.05. The molecule has 1 fully saturated rings. The normalized spacial score (nSPS) is 12.9. The third-order valence-electron chi connectivity index (χ3n) is 4.88. The van der Waals surface area contributed by atoms with Gasteiger partial charge in [0, 0.05) is 11.7 Å². The molecule has 1 aromatic heterocycles. The minimum absolute atomic E-state index is 0.0789. The van der Waals surface area contributed by atoms with Crippen LogP contribution in [0.2, 0.25) is 0 Å². The third-order valence-corrected chi connectivity index (χ3v) is 4.88. The van der Waals surface area contributed by atoms with Crippen LogP contribution in [-0.4, -0.2) is 47.5 Å². The van der Waals surface area contributed by atoms with Gasteiger partial charge >= 0.3 is 11.9 Å². The number of hydrogen-bond acceptors (Lipinski definition) is 6. The highest BCUT2D eigenvalue weighted by Crippen LogP contribution is 2.22. The summed E-state index contributed by atoms with van der Waals surface area (Å²) in [5, 5.41) is 5.47. The number of aromatic nitrogens is 1. The van der Waals surface area contributed by atoms with Gasteiger partial charge in [-0.3, -0.25) is 9.59 Å². The second kappa shape index (κ2) is 9.67. The van der Waals surface area contributed by atoms with Crippen LogP contribution in [0.5, 0.6) is 0 Å². The lowest BCUT2D eigenvalue weighted by Crippen LogP contribution is -2.28. The van der Waals surface area contributed by atoms with Crippen molar-refractivity contribution in [3.05, 3.63) is 52.3 Å². The highest BCUT2D eigenvalue weighted by Gasteiger charge is 2.26. The Labute approximate surface area is 185 Å². The molecule has 0 radical (unpaired) electrons. The molecule has 0 saturated heterocycles. The van der Waals surface area contributed by atoms with E-state index in [-0.39, 0.29) is 29.3 Å². The topological polar surface area (TPSA) is 127 Å². The van der Waals surface area contributed by atoms with Gasteiger partial charge in [-0.05, 0) is 58.2 Å². The molecule has 9 heteroatoms. The molecule has 32 heavy (non-hydrogen) atoms. The summed E-state index contributed by atoms with van der Waals surface area (Å²) in [4.78, 5) is 52.3. The predicted octanol–water partition coefficient (Wildman–Crippen LogP) is 2.88. The zero-order valence-corrected chi connectivity index (χ0v) is 18.5. The van der Waals surface area contributed by atoms with Gasteiger partial charge in [0.2, 0.25) is 0 Å². The van der Waals surface area contributed by atoms with E-state index in [4.69, 9.17) is 9.47 Å². The number of rotatable bonds is 8. The lowest BCUT2D eigenvalue weighted by Gasteiger charge is -2.11. The Morgan fingerprint density at radius 2 is 1.78 bits per heavy atom. The van der Waals surface area contributed by atoms with Gasteiger partial charge in [0.15, 0.2) is 6.61 Å². The van der Waals surface area contributed by atoms with E-state index in [2.05, 4.69) is 15.6 Å². The van der Waals surface area contributed by atoms with E-state index in [0.29, 0.717) is 22.5 Å². The van der Waals surface area contributed by atoms with Crippen molar-refractivity contribution in [1.29, 1.82) is 0 Å². The first-order chi connectivity index (χ1) is 15.2. The zero-order chi connectivity index (χ0) is 23.4. The van der Waals surface area contributed by atoms with E-state index >= 15 is 0 Å².